The molecule has 1 saturated heterocycles. The van der Waals surface area contributed by atoms with Gasteiger partial charge >= 0.3 is 0 Å². The first kappa shape index (κ1) is 14.0. The van der Waals surface area contributed by atoms with E-state index in [1.165, 1.54) is 12.1 Å². The van der Waals surface area contributed by atoms with Crippen molar-refractivity contribution in [3.63, 3.8) is 0 Å². The van der Waals surface area contributed by atoms with Gasteiger partial charge in [-0.25, -0.2) is 4.39 Å². The molecule has 19 heavy (non-hydrogen) atoms. The second-order valence-corrected chi connectivity index (χ2v) is 5.12. The average molecular weight is 265 g/mol. The van der Waals surface area contributed by atoms with Crippen LogP contribution >= 0.6 is 0 Å². The van der Waals surface area contributed by atoms with Gasteiger partial charge in [0.1, 0.15) is 5.82 Å². The Hall–Kier alpha value is -1.46. The average Bonchev–Trinajstić information content (AvgIpc) is 2.75. The van der Waals surface area contributed by atoms with Gasteiger partial charge in [0.2, 0.25) is 5.91 Å². The molecule has 104 valence electrons. The minimum Gasteiger partial charge on any atom is -0.348 e. The SMILES string of the molecule is CC(NC(=O)CN1CC[C@H](N)C1)c1ccc(F)cc1. The number of nitrogens with zero attached hydrogens (tertiary/aromatic N) is 1. The molecule has 5 heteroatoms. The van der Waals surface area contributed by atoms with Gasteiger partial charge in [-0.2, -0.15) is 0 Å². The molecule has 0 radical (unpaired) electrons. The summed E-state index contributed by atoms with van der Waals surface area (Å²) >= 11 is 0. The van der Waals surface area contributed by atoms with E-state index in [1.54, 1.807) is 12.1 Å². The molecule has 0 bridgehead atoms. The third-order valence-electron chi connectivity index (χ3n) is 3.42. The Morgan fingerprint density at radius 1 is 1.53 bits per heavy atom. The largest absolute Gasteiger partial charge is 0.348 e. The summed E-state index contributed by atoms with van der Waals surface area (Å²) in [5.74, 6) is -0.292. The van der Waals surface area contributed by atoms with Crippen LogP contribution in [0.5, 0.6) is 0 Å². The molecule has 1 amide bonds. The molecular weight excluding hydrogens is 245 g/mol. The Morgan fingerprint density at radius 2 is 2.21 bits per heavy atom. The van der Waals surface area contributed by atoms with Gasteiger partial charge in [-0.3, -0.25) is 9.69 Å². The molecule has 0 saturated carbocycles. The number of benzene rings is 1. The molecule has 1 fully saturated rings. The smallest absolute Gasteiger partial charge is 0.234 e. The molecule has 4 nitrogen and oxygen atoms in total. The monoisotopic (exact) mass is 265 g/mol. The van der Waals surface area contributed by atoms with Crippen LogP contribution in [0.25, 0.3) is 0 Å². The van der Waals surface area contributed by atoms with Crippen LogP contribution in [0.2, 0.25) is 0 Å². The Balaban J connectivity index is 1.83. The van der Waals surface area contributed by atoms with Gasteiger partial charge in [-0.05, 0) is 31.0 Å². The van der Waals surface area contributed by atoms with E-state index in [1.807, 2.05) is 6.92 Å². The van der Waals surface area contributed by atoms with Crippen molar-refractivity contribution in [1.29, 1.82) is 0 Å². The van der Waals surface area contributed by atoms with Crippen LogP contribution in [-0.2, 0) is 4.79 Å². The van der Waals surface area contributed by atoms with Crippen molar-refractivity contribution in [2.24, 2.45) is 5.73 Å². The van der Waals surface area contributed by atoms with Crippen molar-refractivity contribution in [3.05, 3.63) is 35.6 Å². The zero-order valence-corrected chi connectivity index (χ0v) is 11.1. The van der Waals surface area contributed by atoms with Crippen molar-refractivity contribution >= 4 is 5.91 Å². The van der Waals surface area contributed by atoms with Crippen LogP contribution in [0, 0.1) is 5.82 Å². The highest BCUT2D eigenvalue weighted by atomic mass is 19.1. The molecule has 1 unspecified atom stereocenters. The maximum Gasteiger partial charge on any atom is 0.234 e. The van der Waals surface area contributed by atoms with E-state index >= 15 is 0 Å². The molecule has 0 spiro atoms. The van der Waals surface area contributed by atoms with E-state index in [4.69, 9.17) is 5.73 Å². The summed E-state index contributed by atoms with van der Waals surface area (Å²) in [5, 5.41) is 2.91. The molecular formula is C14H20FN3O. The van der Waals surface area contributed by atoms with Gasteiger partial charge in [0.15, 0.2) is 0 Å². The van der Waals surface area contributed by atoms with E-state index in [0.29, 0.717) is 6.54 Å². The fourth-order valence-corrected chi connectivity index (χ4v) is 2.33. The Morgan fingerprint density at radius 3 is 2.79 bits per heavy atom. The summed E-state index contributed by atoms with van der Waals surface area (Å²) in [4.78, 5) is 13.9. The Labute approximate surface area is 112 Å². The number of likely N-dealkylation sites (tertiary alicyclic amines) is 1. The number of nitrogens with one attached hydrogen (secondary N) is 1. The van der Waals surface area contributed by atoms with Crippen molar-refractivity contribution in [1.82, 2.24) is 10.2 Å². The second kappa shape index (κ2) is 6.12. The Kier molecular flexibility index (Phi) is 4.50. The number of nitrogens with two attached hydrogens (primary N) is 1. The summed E-state index contributed by atoms with van der Waals surface area (Å²) in [6.45, 7) is 3.91. The van der Waals surface area contributed by atoms with Gasteiger partial charge in [-0.1, -0.05) is 12.1 Å². The number of halogens is 1. The minimum atomic E-state index is -0.270. The first-order valence-corrected chi connectivity index (χ1v) is 6.57. The van der Waals surface area contributed by atoms with Crippen LogP contribution in [0.1, 0.15) is 24.9 Å². The second-order valence-electron chi connectivity index (χ2n) is 5.12. The number of amides is 1. The zero-order chi connectivity index (χ0) is 13.8. The molecule has 1 aliphatic rings. The predicted molar refractivity (Wildman–Crippen MR) is 72.0 cm³/mol. The maximum atomic E-state index is 12.8. The topological polar surface area (TPSA) is 58.4 Å². The van der Waals surface area contributed by atoms with Crippen molar-refractivity contribution in [2.75, 3.05) is 19.6 Å². The third-order valence-corrected chi connectivity index (χ3v) is 3.42. The molecule has 3 N–H and O–H groups in total. The summed E-state index contributed by atoms with van der Waals surface area (Å²) in [5.41, 5.74) is 6.69. The lowest BCUT2D eigenvalue weighted by Crippen LogP contribution is -2.38. The van der Waals surface area contributed by atoms with Gasteiger partial charge in [0.05, 0.1) is 12.6 Å². The molecule has 2 rings (SSSR count). The number of carbonyl (C=O) groups excluding carboxylic acids is 1. The fourth-order valence-electron chi connectivity index (χ4n) is 2.33. The van der Waals surface area contributed by atoms with Gasteiger partial charge < -0.3 is 11.1 Å². The number of hydrogen-bond donors (Lipinski definition) is 2. The van der Waals surface area contributed by atoms with E-state index in [-0.39, 0.29) is 23.8 Å². The highest BCUT2D eigenvalue weighted by Crippen LogP contribution is 2.13. The summed E-state index contributed by atoms with van der Waals surface area (Å²) in [6.07, 6.45) is 0.945. The minimum absolute atomic E-state index is 0.0223. The highest BCUT2D eigenvalue weighted by Gasteiger charge is 2.21. The molecule has 0 aliphatic carbocycles. The summed E-state index contributed by atoms with van der Waals surface area (Å²) < 4.78 is 12.8. The fraction of sp³-hybridized carbons (Fsp3) is 0.500. The lowest BCUT2D eigenvalue weighted by atomic mass is 10.1. The summed E-state index contributed by atoms with van der Waals surface area (Å²) in [6, 6.07) is 6.24. The lowest BCUT2D eigenvalue weighted by Gasteiger charge is -2.18. The van der Waals surface area contributed by atoms with Crippen molar-refractivity contribution in [3.8, 4) is 0 Å². The first-order chi connectivity index (χ1) is 9.04. The van der Waals surface area contributed by atoms with Crippen LogP contribution < -0.4 is 11.1 Å². The molecule has 0 aromatic heterocycles. The van der Waals surface area contributed by atoms with E-state index < -0.39 is 0 Å². The van der Waals surface area contributed by atoms with Gasteiger partial charge in [-0.15, -0.1) is 0 Å². The van der Waals surface area contributed by atoms with E-state index in [2.05, 4.69) is 10.2 Å². The molecule has 1 aliphatic heterocycles. The quantitative estimate of drug-likeness (QED) is 0.855. The number of rotatable bonds is 4. The summed E-state index contributed by atoms with van der Waals surface area (Å²) in [7, 11) is 0. The van der Waals surface area contributed by atoms with Gasteiger partial charge in [0.25, 0.3) is 0 Å². The van der Waals surface area contributed by atoms with E-state index in [9.17, 15) is 9.18 Å². The van der Waals surface area contributed by atoms with Crippen LogP contribution in [0.15, 0.2) is 24.3 Å². The van der Waals surface area contributed by atoms with Gasteiger partial charge in [0, 0.05) is 19.1 Å². The number of hydrogen-bond acceptors (Lipinski definition) is 3. The molecule has 1 aromatic rings. The van der Waals surface area contributed by atoms with Crippen LogP contribution in [0.4, 0.5) is 4.39 Å². The highest BCUT2D eigenvalue weighted by molar-refractivity contribution is 5.78. The molecule has 1 aromatic carbocycles. The third kappa shape index (κ3) is 4.01. The van der Waals surface area contributed by atoms with E-state index in [0.717, 1.165) is 25.1 Å². The lowest BCUT2D eigenvalue weighted by molar-refractivity contribution is -0.122. The first-order valence-electron chi connectivity index (χ1n) is 6.57. The molecule has 1 heterocycles. The predicted octanol–water partition coefficient (Wildman–Crippen LogP) is 1.04. The maximum absolute atomic E-state index is 12.8. The van der Waals surface area contributed by atoms with Crippen molar-refractivity contribution in [2.45, 2.75) is 25.4 Å². The Bertz CT molecular complexity index is 435. The van der Waals surface area contributed by atoms with Crippen molar-refractivity contribution < 1.29 is 9.18 Å². The standard InChI is InChI=1S/C14H20FN3O/c1-10(11-2-4-12(15)5-3-11)17-14(19)9-18-7-6-13(16)8-18/h2-5,10,13H,6-9,16H2,1H3,(H,17,19)/t10?,13-/m0/s1. The van der Waals surface area contributed by atoms with Crippen LogP contribution in [-0.4, -0.2) is 36.5 Å². The normalized spacial score (nSPS) is 21.3. The number of carbonyl (C=O) groups is 1. The molecule has 2 atom stereocenters. The van der Waals surface area contributed by atoms with Crippen LogP contribution in [0.3, 0.4) is 0 Å². The zero-order valence-electron chi connectivity index (χ0n) is 11.1.